The highest BCUT2D eigenvalue weighted by molar-refractivity contribution is 5.57. The molecule has 1 atom stereocenters. The Morgan fingerprint density at radius 3 is 3.00 bits per heavy atom. The molecule has 1 saturated heterocycles. The third kappa shape index (κ3) is 2.54. The molecule has 1 N–H and O–H groups in total. The molecule has 1 aromatic rings. The minimum absolute atomic E-state index is 0.181. The van der Waals surface area contributed by atoms with E-state index in [-0.39, 0.29) is 6.10 Å². The van der Waals surface area contributed by atoms with Gasteiger partial charge in [0.25, 0.3) is 0 Å². The largest absolute Gasteiger partial charge is 0.372 e. The molecule has 0 spiro atoms. The highest BCUT2D eigenvalue weighted by atomic mass is 16.5. The molecule has 0 saturated carbocycles. The molecule has 0 aromatic heterocycles. The lowest BCUT2D eigenvalue weighted by molar-refractivity contribution is 0.121. The van der Waals surface area contributed by atoms with E-state index in [1.54, 1.807) is 0 Å². The Bertz CT molecular complexity index is 449. The van der Waals surface area contributed by atoms with E-state index in [9.17, 15) is 0 Å². The second-order valence-corrected chi connectivity index (χ2v) is 4.58. The van der Waals surface area contributed by atoms with Crippen molar-refractivity contribution in [2.24, 2.45) is 4.99 Å². The number of rotatable bonds is 3. The summed E-state index contributed by atoms with van der Waals surface area (Å²) in [6, 6.07) is 10.3. The molecule has 4 nitrogen and oxygen atoms in total. The van der Waals surface area contributed by atoms with Crippen LogP contribution in [0.4, 0.5) is 0 Å². The highest BCUT2D eigenvalue weighted by Crippen LogP contribution is 2.19. The lowest BCUT2D eigenvalue weighted by Crippen LogP contribution is -2.40. The van der Waals surface area contributed by atoms with Crippen LogP contribution in [0.2, 0.25) is 0 Å². The van der Waals surface area contributed by atoms with Crippen molar-refractivity contribution in [1.29, 1.82) is 0 Å². The van der Waals surface area contributed by atoms with Gasteiger partial charge in [-0.2, -0.15) is 0 Å². The Morgan fingerprint density at radius 2 is 2.22 bits per heavy atom. The zero-order valence-corrected chi connectivity index (χ0v) is 10.2. The van der Waals surface area contributed by atoms with Crippen LogP contribution < -0.4 is 5.43 Å². The average Bonchev–Trinajstić information content (AvgIpc) is 2.94. The molecule has 3 rings (SSSR count). The number of nitrogens with one attached hydrogen (secondary N) is 1. The van der Waals surface area contributed by atoms with Gasteiger partial charge >= 0.3 is 0 Å². The van der Waals surface area contributed by atoms with Gasteiger partial charge in [0.1, 0.15) is 12.4 Å². The Hall–Kier alpha value is -1.81. The first-order valence-electron chi connectivity index (χ1n) is 6.34. The van der Waals surface area contributed by atoms with Crippen molar-refractivity contribution in [1.82, 2.24) is 10.4 Å². The summed E-state index contributed by atoms with van der Waals surface area (Å²) in [7, 11) is 0. The predicted molar refractivity (Wildman–Crippen MR) is 70.7 cm³/mol. The van der Waals surface area contributed by atoms with Crippen LogP contribution in [0.1, 0.15) is 18.4 Å². The fraction of sp³-hybridized carbons (Fsp3) is 0.357. The number of benzene rings is 1. The maximum Gasteiger partial charge on any atom is 0.110 e. The standard InChI is InChI=1S/C14H17N3O/c1-2-5-12(6-3-1)10-17-11-15-9-13(16-17)14-7-4-8-18-14/h1-3,5-6,9,11,14,16H,4,7-8,10H2. The number of nitrogens with zero attached hydrogens (tertiary/aromatic N) is 2. The molecule has 2 aliphatic heterocycles. The molecule has 1 aromatic carbocycles. The normalized spacial score (nSPS) is 22.8. The Labute approximate surface area is 107 Å². The number of hydrogen-bond donors (Lipinski definition) is 1. The summed E-state index contributed by atoms with van der Waals surface area (Å²) in [5.41, 5.74) is 5.68. The van der Waals surface area contributed by atoms with E-state index in [0.29, 0.717) is 0 Å². The fourth-order valence-corrected chi connectivity index (χ4v) is 2.26. The maximum atomic E-state index is 5.66. The summed E-state index contributed by atoms with van der Waals surface area (Å²) in [5.74, 6) is 0. The summed E-state index contributed by atoms with van der Waals surface area (Å²) in [4.78, 5) is 4.28. The summed E-state index contributed by atoms with van der Waals surface area (Å²) >= 11 is 0. The van der Waals surface area contributed by atoms with Gasteiger partial charge in [-0.15, -0.1) is 0 Å². The summed E-state index contributed by atoms with van der Waals surface area (Å²) in [6.45, 7) is 1.65. The first-order valence-corrected chi connectivity index (χ1v) is 6.34. The molecule has 1 unspecified atom stereocenters. The van der Waals surface area contributed by atoms with Crippen LogP contribution in [-0.2, 0) is 11.3 Å². The van der Waals surface area contributed by atoms with Gasteiger partial charge in [-0.1, -0.05) is 30.3 Å². The molecule has 0 bridgehead atoms. The fourth-order valence-electron chi connectivity index (χ4n) is 2.26. The van der Waals surface area contributed by atoms with Crippen LogP contribution in [0.3, 0.4) is 0 Å². The molecular formula is C14H17N3O. The number of hydrazine groups is 1. The van der Waals surface area contributed by atoms with Crippen molar-refractivity contribution in [2.75, 3.05) is 6.61 Å². The number of ether oxygens (including phenoxy) is 1. The zero-order valence-electron chi connectivity index (χ0n) is 10.2. The SMILES string of the molecule is C1=NC=C(C2CCCO2)NN1Cc1ccccc1. The predicted octanol–water partition coefficient (Wildman–Crippen LogP) is 2.06. The van der Waals surface area contributed by atoms with E-state index in [4.69, 9.17) is 4.74 Å². The first kappa shape index (κ1) is 11.3. The first-order chi connectivity index (χ1) is 8.92. The van der Waals surface area contributed by atoms with Crippen LogP contribution in [0.25, 0.3) is 0 Å². The lowest BCUT2D eigenvalue weighted by atomic mass is 10.2. The summed E-state index contributed by atoms with van der Waals surface area (Å²) < 4.78 is 5.66. The van der Waals surface area contributed by atoms with E-state index >= 15 is 0 Å². The van der Waals surface area contributed by atoms with Crippen molar-refractivity contribution in [3.8, 4) is 0 Å². The summed E-state index contributed by atoms with van der Waals surface area (Å²) in [5, 5.41) is 1.99. The third-order valence-electron chi connectivity index (χ3n) is 3.16. The van der Waals surface area contributed by atoms with E-state index < -0.39 is 0 Å². The van der Waals surface area contributed by atoms with Crippen LogP contribution >= 0.6 is 0 Å². The van der Waals surface area contributed by atoms with Gasteiger partial charge in [-0.05, 0) is 18.4 Å². The molecule has 4 heteroatoms. The lowest BCUT2D eigenvalue weighted by Gasteiger charge is -2.28. The van der Waals surface area contributed by atoms with E-state index in [2.05, 4.69) is 22.6 Å². The van der Waals surface area contributed by atoms with Crippen molar-refractivity contribution >= 4 is 6.34 Å². The quantitative estimate of drug-likeness (QED) is 0.882. The van der Waals surface area contributed by atoms with Gasteiger partial charge in [-0.25, -0.2) is 4.99 Å². The molecule has 0 amide bonds. The van der Waals surface area contributed by atoms with Gasteiger partial charge in [0.05, 0.1) is 18.4 Å². The monoisotopic (exact) mass is 243 g/mol. The van der Waals surface area contributed by atoms with E-state index in [0.717, 1.165) is 31.7 Å². The number of hydrogen-bond acceptors (Lipinski definition) is 4. The van der Waals surface area contributed by atoms with Gasteiger partial charge < -0.3 is 4.74 Å². The maximum absolute atomic E-state index is 5.66. The zero-order chi connectivity index (χ0) is 12.2. The van der Waals surface area contributed by atoms with E-state index in [1.165, 1.54) is 5.56 Å². The average molecular weight is 243 g/mol. The molecular weight excluding hydrogens is 226 g/mol. The molecule has 94 valence electrons. The molecule has 2 heterocycles. The molecule has 18 heavy (non-hydrogen) atoms. The van der Waals surface area contributed by atoms with Crippen LogP contribution in [0.5, 0.6) is 0 Å². The minimum atomic E-state index is 0.181. The van der Waals surface area contributed by atoms with Gasteiger partial charge in [0.15, 0.2) is 0 Å². The second-order valence-electron chi connectivity index (χ2n) is 4.58. The van der Waals surface area contributed by atoms with Gasteiger partial charge in [-0.3, -0.25) is 10.4 Å². The molecule has 0 aliphatic carbocycles. The van der Waals surface area contributed by atoms with Crippen LogP contribution in [-0.4, -0.2) is 24.1 Å². The van der Waals surface area contributed by atoms with Crippen molar-refractivity contribution in [2.45, 2.75) is 25.5 Å². The molecule has 2 aliphatic rings. The van der Waals surface area contributed by atoms with Crippen molar-refractivity contribution < 1.29 is 4.74 Å². The summed E-state index contributed by atoms with van der Waals surface area (Å²) in [6.07, 6.45) is 6.06. The van der Waals surface area contributed by atoms with E-state index in [1.807, 2.05) is 35.7 Å². The van der Waals surface area contributed by atoms with Gasteiger partial charge in [0, 0.05) is 6.61 Å². The molecule has 0 radical (unpaired) electrons. The van der Waals surface area contributed by atoms with Crippen molar-refractivity contribution in [3.63, 3.8) is 0 Å². The van der Waals surface area contributed by atoms with Crippen LogP contribution in [0, 0.1) is 0 Å². The topological polar surface area (TPSA) is 36.9 Å². The highest BCUT2D eigenvalue weighted by Gasteiger charge is 2.22. The van der Waals surface area contributed by atoms with Crippen molar-refractivity contribution in [3.05, 3.63) is 47.8 Å². The Balaban J connectivity index is 1.63. The smallest absolute Gasteiger partial charge is 0.110 e. The Kier molecular flexibility index (Phi) is 3.28. The Morgan fingerprint density at radius 1 is 1.33 bits per heavy atom. The van der Waals surface area contributed by atoms with Gasteiger partial charge in [0.2, 0.25) is 0 Å². The molecule has 1 fully saturated rings. The van der Waals surface area contributed by atoms with Crippen LogP contribution in [0.15, 0.2) is 47.2 Å². The minimum Gasteiger partial charge on any atom is -0.372 e. The number of aliphatic imine (C=N–C) groups is 1. The second kappa shape index (κ2) is 5.23. The third-order valence-corrected chi connectivity index (χ3v) is 3.16.